The fourth-order valence-electron chi connectivity index (χ4n) is 2.45. The lowest BCUT2D eigenvalue weighted by Crippen LogP contribution is -1.99. The summed E-state index contributed by atoms with van der Waals surface area (Å²) in [5.41, 5.74) is 3.67. The highest BCUT2D eigenvalue weighted by Crippen LogP contribution is 2.29. The van der Waals surface area contributed by atoms with E-state index in [1.165, 1.54) is 0 Å². The highest BCUT2D eigenvalue weighted by atomic mass is 16.7. The van der Waals surface area contributed by atoms with Crippen LogP contribution in [0, 0.1) is 0 Å². The second kappa shape index (κ2) is 5.57. The average molecular weight is 268 g/mol. The smallest absolute Gasteiger partial charge is 0.184 e. The van der Waals surface area contributed by atoms with Crippen molar-refractivity contribution >= 4 is 5.78 Å². The number of rotatable bonds is 3. The summed E-state index contributed by atoms with van der Waals surface area (Å²) in [5, 5.41) is 0. The molecule has 0 radical (unpaired) electrons. The van der Waals surface area contributed by atoms with Crippen LogP contribution in [0.2, 0.25) is 0 Å². The Morgan fingerprint density at radius 2 is 1.80 bits per heavy atom. The SMILES string of the molecule is CC(=O)c1ccccc1-c1cccc(C2OCCO2)c1. The van der Waals surface area contributed by atoms with Crippen molar-refractivity contribution < 1.29 is 14.3 Å². The topological polar surface area (TPSA) is 35.5 Å². The second-order valence-corrected chi connectivity index (χ2v) is 4.80. The Balaban J connectivity index is 2.02. The van der Waals surface area contributed by atoms with Crippen LogP contribution in [0.4, 0.5) is 0 Å². The molecule has 2 aromatic rings. The molecule has 20 heavy (non-hydrogen) atoms. The molecular weight excluding hydrogens is 252 g/mol. The van der Waals surface area contributed by atoms with Crippen molar-refractivity contribution in [3.8, 4) is 11.1 Å². The number of Topliss-reactive ketones (excluding diaryl/α,β-unsaturated/α-hetero) is 1. The van der Waals surface area contributed by atoms with E-state index in [2.05, 4.69) is 0 Å². The first kappa shape index (κ1) is 13.0. The summed E-state index contributed by atoms with van der Waals surface area (Å²) in [7, 11) is 0. The number of hydrogen-bond donors (Lipinski definition) is 0. The van der Waals surface area contributed by atoms with Crippen molar-refractivity contribution in [3.05, 3.63) is 59.7 Å². The van der Waals surface area contributed by atoms with Gasteiger partial charge in [0, 0.05) is 11.1 Å². The van der Waals surface area contributed by atoms with Gasteiger partial charge in [0.15, 0.2) is 12.1 Å². The van der Waals surface area contributed by atoms with Gasteiger partial charge in [0.25, 0.3) is 0 Å². The molecule has 0 saturated carbocycles. The molecule has 1 aliphatic rings. The molecule has 3 nitrogen and oxygen atoms in total. The Hall–Kier alpha value is -1.97. The molecule has 1 heterocycles. The minimum absolute atomic E-state index is 0.0689. The third-order valence-corrected chi connectivity index (χ3v) is 3.40. The Labute approximate surface area is 118 Å². The second-order valence-electron chi connectivity index (χ2n) is 4.80. The van der Waals surface area contributed by atoms with Crippen molar-refractivity contribution in [1.82, 2.24) is 0 Å². The van der Waals surface area contributed by atoms with E-state index in [1.54, 1.807) is 6.92 Å². The molecule has 2 aromatic carbocycles. The standard InChI is InChI=1S/C17H16O3/c1-12(18)15-7-2-3-8-16(15)13-5-4-6-14(11-13)17-19-9-10-20-17/h2-8,11,17H,9-10H2,1H3. The zero-order valence-corrected chi connectivity index (χ0v) is 11.3. The molecule has 1 aliphatic heterocycles. The molecule has 3 rings (SSSR count). The normalized spacial score (nSPS) is 15.4. The first-order valence-electron chi connectivity index (χ1n) is 6.69. The predicted octanol–water partition coefficient (Wildman–Crippen LogP) is 3.60. The molecule has 0 amide bonds. The largest absolute Gasteiger partial charge is 0.346 e. The van der Waals surface area contributed by atoms with Crippen molar-refractivity contribution in [2.45, 2.75) is 13.2 Å². The van der Waals surface area contributed by atoms with Crippen LogP contribution in [-0.4, -0.2) is 19.0 Å². The summed E-state index contributed by atoms with van der Waals surface area (Å²) in [6.07, 6.45) is -0.292. The average Bonchev–Trinajstić information content (AvgIpc) is 3.01. The number of ketones is 1. The van der Waals surface area contributed by atoms with Gasteiger partial charge in [0.05, 0.1) is 13.2 Å². The summed E-state index contributed by atoms with van der Waals surface area (Å²) >= 11 is 0. The van der Waals surface area contributed by atoms with Crippen LogP contribution in [0.1, 0.15) is 29.1 Å². The molecule has 0 aliphatic carbocycles. The van der Waals surface area contributed by atoms with E-state index in [0.717, 1.165) is 22.3 Å². The number of carbonyl (C=O) groups is 1. The fourth-order valence-corrected chi connectivity index (χ4v) is 2.45. The van der Waals surface area contributed by atoms with Gasteiger partial charge in [0.2, 0.25) is 0 Å². The monoisotopic (exact) mass is 268 g/mol. The molecule has 102 valence electrons. The lowest BCUT2D eigenvalue weighted by Gasteiger charge is -2.12. The number of hydrogen-bond acceptors (Lipinski definition) is 3. The van der Waals surface area contributed by atoms with Gasteiger partial charge in [-0.25, -0.2) is 0 Å². The Bertz CT molecular complexity index is 628. The van der Waals surface area contributed by atoms with Crippen molar-refractivity contribution in [2.75, 3.05) is 13.2 Å². The Kier molecular flexibility index (Phi) is 3.63. The van der Waals surface area contributed by atoms with Crippen LogP contribution in [0.3, 0.4) is 0 Å². The molecule has 1 fully saturated rings. The van der Waals surface area contributed by atoms with Gasteiger partial charge in [-0.1, -0.05) is 42.5 Å². The molecular formula is C17H16O3. The van der Waals surface area contributed by atoms with Gasteiger partial charge in [-0.15, -0.1) is 0 Å². The van der Waals surface area contributed by atoms with Crippen LogP contribution in [0.25, 0.3) is 11.1 Å². The molecule has 1 saturated heterocycles. The highest BCUT2D eigenvalue weighted by Gasteiger charge is 2.19. The van der Waals surface area contributed by atoms with E-state index in [1.807, 2.05) is 48.5 Å². The van der Waals surface area contributed by atoms with Crippen LogP contribution in [0.5, 0.6) is 0 Å². The van der Waals surface area contributed by atoms with Gasteiger partial charge in [0.1, 0.15) is 0 Å². The number of benzene rings is 2. The van der Waals surface area contributed by atoms with E-state index in [-0.39, 0.29) is 12.1 Å². The van der Waals surface area contributed by atoms with E-state index in [4.69, 9.17) is 9.47 Å². The van der Waals surface area contributed by atoms with Gasteiger partial charge in [-0.2, -0.15) is 0 Å². The quantitative estimate of drug-likeness (QED) is 0.798. The molecule has 0 bridgehead atoms. The third-order valence-electron chi connectivity index (χ3n) is 3.40. The summed E-state index contributed by atoms with van der Waals surface area (Å²) in [6.45, 7) is 2.84. The number of carbonyl (C=O) groups excluding carboxylic acids is 1. The summed E-state index contributed by atoms with van der Waals surface area (Å²) in [6, 6.07) is 15.6. The van der Waals surface area contributed by atoms with Crippen LogP contribution < -0.4 is 0 Å². The van der Waals surface area contributed by atoms with Gasteiger partial charge >= 0.3 is 0 Å². The zero-order valence-electron chi connectivity index (χ0n) is 11.3. The van der Waals surface area contributed by atoms with Crippen molar-refractivity contribution in [2.24, 2.45) is 0 Å². The van der Waals surface area contributed by atoms with Gasteiger partial charge in [-0.05, 0) is 24.1 Å². The molecule has 3 heteroatoms. The maximum atomic E-state index is 11.7. The summed E-state index contributed by atoms with van der Waals surface area (Å²) in [4.78, 5) is 11.7. The fraction of sp³-hybridized carbons (Fsp3) is 0.235. The third kappa shape index (κ3) is 2.50. The Morgan fingerprint density at radius 1 is 1.05 bits per heavy atom. The van der Waals surface area contributed by atoms with E-state index in [0.29, 0.717) is 13.2 Å². The zero-order chi connectivity index (χ0) is 13.9. The van der Waals surface area contributed by atoms with E-state index >= 15 is 0 Å². The maximum absolute atomic E-state index is 11.7. The first-order chi connectivity index (χ1) is 9.75. The maximum Gasteiger partial charge on any atom is 0.184 e. The van der Waals surface area contributed by atoms with Crippen molar-refractivity contribution in [3.63, 3.8) is 0 Å². The Morgan fingerprint density at radius 3 is 2.55 bits per heavy atom. The molecule has 0 unspecified atom stereocenters. The molecule has 0 atom stereocenters. The van der Waals surface area contributed by atoms with Crippen LogP contribution in [-0.2, 0) is 9.47 Å². The highest BCUT2D eigenvalue weighted by molar-refractivity contribution is 6.00. The van der Waals surface area contributed by atoms with E-state index < -0.39 is 0 Å². The van der Waals surface area contributed by atoms with Crippen LogP contribution in [0.15, 0.2) is 48.5 Å². The number of ether oxygens (including phenoxy) is 2. The lowest BCUT2D eigenvalue weighted by atomic mass is 9.96. The van der Waals surface area contributed by atoms with E-state index in [9.17, 15) is 4.79 Å². The van der Waals surface area contributed by atoms with Gasteiger partial charge in [-0.3, -0.25) is 4.79 Å². The molecule has 0 spiro atoms. The van der Waals surface area contributed by atoms with Crippen molar-refractivity contribution in [1.29, 1.82) is 0 Å². The molecule has 0 N–H and O–H groups in total. The summed E-state index contributed by atoms with van der Waals surface area (Å²) < 4.78 is 11.0. The summed E-state index contributed by atoms with van der Waals surface area (Å²) in [5.74, 6) is 0.0689. The predicted molar refractivity (Wildman–Crippen MR) is 76.5 cm³/mol. The first-order valence-corrected chi connectivity index (χ1v) is 6.69. The minimum Gasteiger partial charge on any atom is -0.346 e. The molecule has 0 aromatic heterocycles. The van der Waals surface area contributed by atoms with Crippen LogP contribution >= 0.6 is 0 Å². The minimum atomic E-state index is -0.292. The van der Waals surface area contributed by atoms with Gasteiger partial charge < -0.3 is 9.47 Å². The lowest BCUT2D eigenvalue weighted by molar-refractivity contribution is -0.0440.